The van der Waals surface area contributed by atoms with Gasteiger partial charge in [0.25, 0.3) is 0 Å². The molecule has 0 fully saturated rings. The van der Waals surface area contributed by atoms with Gasteiger partial charge in [0.05, 0.1) is 19.4 Å². The number of anilines is 1. The van der Waals surface area contributed by atoms with Crippen LogP contribution in [0, 0.1) is 0 Å². The fourth-order valence-corrected chi connectivity index (χ4v) is 2.37. The van der Waals surface area contributed by atoms with Gasteiger partial charge in [0.1, 0.15) is 5.75 Å². The van der Waals surface area contributed by atoms with Gasteiger partial charge in [0.2, 0.25) is 11.8 Å². The van der Waals surface area contributed by atoms with Crippen LogP contribution in [0.4, 0.5) is 5.69 Å². The molecule has 0 aliphatic heterocycles. The highest BCUT2D eigenvalue weighted by Crippen LogP contribution is 2.26. The van der Waals surface area contributed by atoms with Crippen molar-refractivity contribution in [1.82, 2.24) is 5.43 Å². The summed E-state index contributed by atoms with van der Waals surface area (Å²) in [6.07, 6.45) is 1.46. The molecule has 0 bridgehead atoms. The Labute approximate surface area is 169 Å². The zero-order chi connectivity index (χ0) is 21.1. The molecule has 0 saturated carbocycles. The fourth-order valence-electron chi connectivity index (χ4n) is 2.37. The zero-order valence-electron chi connectivity index (χ0n) is 16.5. The first-order chi connectivity index (χ1) is 14.0. The van der Waals surface area contributed by atoms with Crippen molar-refractivity contribution in [3.05, 3.63) is 48.0 Å². The molecule has 8 nitrogen and oxygen atoms in total. The van der Waals surface area contributed by atoms with Gasteiger partial charge in [-0.25, -0.2) is 5.43 Å². The molecule has 154 valence electrons. The molecule has 2 aromatic carbocycles. The average Bonchev–Trinajstić information content (AvgIpc) is 2.71. The molecule has 0 unspecified atom stereocenters. The molecular weight excluding hydrogens is 374 g/mol. The predicted molar refractivity (Wildman–Crippen MR) is 110 cm³/mol. The van der Waals surface area contributed by atoms with Crippen molar-refractivity contribution in [3.8, 4) is 17.2 Å². The highest BCUT2D eigenvalue weighted by molar-refractivity contribution is 5.93. The first-order valence-electron chi connectivity index (χ1n) is 9.32. The van der Waals surface area contributed by atoms with Gasteiger partial charge in [-0.2, -0.15) is 5.10 Å². The summed E-state index contributed by atoms with van der Waals surface area (Å²) in [5, 5.41) is 16.2. The van der Waals surface area contributed by atoms with Crippen molar-refractivity contribution in [1.29, 1.82) is 0 Å². The minimum atomic E-state index is -0.382. The Morgan fingerprint density at radius 2 is 1.69 bits per heavy atom. The summed E-state index contributed by atoms with van der Waals surface area (Å²) in [5.74, 6) is 0.449. The molecule has 3 N–H and O–H groups in total. The summed E-state index contributed by atoms with van der Waals surface area (Å²) >= 11 is 0. The third-order valence-corrected chi connectivity index (χ3v) is 3.71. The van der Waals surface area contributed by atoms with E-state index in [1.165, 1.54) is 12.3 Å². The molecule has 0 atom stereocenters. The van der Waals surface area contributed by atoms with Crippen LogP contribution in [-0.2, 0) is 9.59 Å². The second-order valence-corrected chi connectivity index (χ2v) is 5.96. The molecule has 0 aliphatic rings. The quantitative estimate of drug-likeness (QED) is 0.420. The number of phenolic OH excluding ortho intramolecular Hbond substituents is 1. The van der Waals surface area contributed by atoms with E-state index in [4.69, 9.17) is 9.47 Å². The Hall–Kier alpha value is -3.55. The zero-order valence-corrected chi connectivity index (χ0v) is 16.5. The molecule has 0 spiro atoms. The third kappa shape index (κ3) is 7.53. The maximum atomic E-state index is 12.0. The van der Waals surface area contributed by atoms with E-state index in [1.54, 1.807) is 36.4 Å². The Balaban J connectivity index is 1.75. The summed E-state index contributed by atoms with van der Waals surface area (Å²) in [5.41, 5.74) is 3.65. The standard InChI is InChI=1S/C21H25N3O5/c1-3-28-17-8-6-16(7-9-17)23-20(26)11-12-21(27)24-22-14-15-5-10-18(25)19(13-15)29-4-2/h5-10,13-14,25H,3-4,11-12H2,1-2H3,(H,23,26)(H,24,27)/b22-14+. The second kappa shape index (κ2) is 11.3. The number of aromatic hydroxyl groups is 1. The molecule has 29 heavy (non-hydrogen) atoms. The number of benzene rings is 2. The molecule has 0 aliphatic carbocycles. The number of hydrogen-bond acceptors (Lipinski definition) is 6. The number of amides is 2. The van der Waals surface area contributed by atoms with Gasteiger partial charge in [-0.3, -0.25) is 9.59 Å². The molecule has 0 radical (unpaired) electrons. The Kier molecular flexibility index (Phi) is 8.50. The van der Waals surface area contributed by atoms with E-state index >= 15 is 0 Å². The summed E-state index contributed by atoms with van der Waals surface area (Å²) in [6.45, 7) is 4.70. The average molecular weight is 399 g/mol. The van der Waals surface area contributed by atoms with Crippen LogP contribution in [0.3, 0.4) is 0 Å². The molecule has 0 aromatic heterocycles. The number of carbonyl (C=O) groups excluding carboxylic acids is 2. The highest BCUT2D eigenvalue weighted by atomic mass is 16.5. The number of ether oxygens (including phenoxy) is 2. The lowest BCUT2D eigenvalue weighted by Crippen LogP contribution is -2.20. The van der Waals surface area contributed by atoms with Crippen LogP contribution in [0.25, 0.3) is 0 Å². The number of carbonyl (C=O) groups is 2. The van der Waals surface area contributed by atoms with Crippen molar-refractivity contribution >= 4 is 23.7 Å². The molecule has 0 heterocycles. The van der Waals surface area contributed by atoms with Crippen LogP contribution in [0.1, 0.15) is 32.3 Å². The van der Waals surface area contributed by atoms with Gasteiger partial charge in [-0.1, -0.05) is 0 Å². The first kappa shape index (κ1) is 21.7. The Morgan fingerprint density at radius 1 is 1.00 bits per heavy atom. The van der Waals surface area contributed by atoms with Crippen LogP contribution >= 0.6 is 0 Å². The van der Waals surface area contributed by atoms with Crippen molar-refractivity contribution in [2.45, 2.75) is 26.7 Å². The second-order valence-electron chi connectivity index (χ2n) is 5.96. The van der Waals surface area contributed by atoms with Gasteiger partial charge >= 0.3 is 0 Å². The highest BCUT2D eigenvalue weighted by Gasteiger charge is 2.07. The largest absolute Gasteiger partial charge is 0.504 e. The van der Waals surface area contributed by atoms with E-state index < -0.39 is 0 Å². The maximum absolute atomic E-state index is 12.0. The maximum Gasteiger partial charge on any atom is 0.240 e. The topological polar surface area (TPSA) is 109 Å². The van der Waals surface area contributed by atoms with Crippen molar-refractivity contribution in [3.63, 3.8) is 0 Å². The monoisotopic (exact) mass is 399 g/mol. The normalized spacial score (nSPS) is 10.6. The Bertz CT molecular complexity index is 850. The van der Waals surface area contributed by atoms with E-state index in [9.17, 15) is 14.7 Å². The van der Waals surface area contributed by atoms with Crippen LogP contribution in [0.2, 0.25) is 0 Å². The number of rotatable bonds is 10. The van der Waals surface area contributed by atoms with Crippen LogP contribution in [0.15, 0.2) is 47.6 Å². The summed E-state index contributed by atoms with van der Waals surface area (Å²) in [7, 11) is 0. The van der Waals surface area contributed by atoms with Crippen molar-refractivity contribution in [2.24, 2.45) is 5.10 Å². The van der Waals surface area contributed by atoms with Crippen molar-refractivity contribution < 1.29 is 24.2 Å². The number of nitrogens with one attached hydrogen (secondary N) is 2. The lowest BCUT2D eigenvalue weighted by molar-refractivity contribution is -0.124. The lowest BCUT2D eigenvalue weighted by Gasteiger charge is -2.07. The molecule has 2 amide bonds. The van der Waals surface area contributed by atoms with E-state index in [-0.39, 0.29) is 30.4 Å². The predicted octanol–water partition coefficient (Wildman–Crippen LogP) is 3.06. The third-order valence-electron chi connectivity index (χ3n) is 3.71. The van der Waals surface area contributed by atoms with Gasteiger partial charge in [0.15, 0.2) is 11.5 Å². The summed E-state index contributed by atoms with van der Waals surface area (Å²) in [6, 6.07) is 11.7. The lowest BCUT2D eigenvalue weighted by atomic mass is 10.2. The first-order valence-corrected chi connectivity index (χ1v) is 9.32. The Morgan fingerprint density at radius 3 is 2.38 bits per heavy atom. The number of phenols is 1. The van der Waals surface area contributed by atoms with Crippen LogP contribution < -0.4 is 20.2 Å². The molecular formula is C21H25N3O5. The molecule has 2 rings (SSSR count). The number of hydrogen-bond donors (Lipinski definition) is 3. The summed E-state index contributed by atoms with van der Waals surface area (Å²) in [4.78, 5) is 23.8. The number of hydrazone groups is 1. The van der Waals surface area contributed by atoms with Gasteiger partial charge in [-0.05, 0) is 61.9 Å². The fraction of sp³-hybridized carbons (Fsp3) is 0.286. The van der Waals surface area contributed by atoms with Gasteiger partial charge in [-0.15, -0.1) is 0 Å². The van der Waals surface area contributed by atoms with E-state index in [2.05, 4.69) is 15.8 Å². The van der Waals surface area contributed by atoms with Gasteiger partial charge < -0.3 is 19.9 Å². The van der Waals surface area contributed by atoms with E-state index in [0.717, 1.165) is 5.75 Å². The smallest absolute Gasteiger partial charge is 0.240 e. The van der Waals surface area contributed by atoms with Crippen LogP contribution in [-0.4, -0.2) is 36.3 Å². The minimum absolute atomic E-state index is 0.0000234. The molecule has 2 aromatic rings. The summed E-state index contributed by atoms with van der Waals surface area (Å²) < 4.78 is 10.6. The van der Waals surface area contributed by atoms with Crippen molar-refractivity contribution in [2.75, 3.05) is 18.5 Å². The minimum Gasteiger partial charge on any atom is -0.504 e. The van der Waals surface area contributed by atoms with Crippen LogP contribution in [0.5, 0.6) is 17.2 Å². The molecule has 0 saturated heterocycles. The number of nitrogens with zero attached hydrogens (tertiary/aromatic N) is 1. The molecule has 8 heteroatoms. The van der Waals surface area contributed by atoms with E-state index in [0.29, 0.717) is 30.2 Å². The SMILES string of the molecule is CCOc1ccc(NC(=O)CCC(=O)N/N=C/c2ccc(O)c(OCC)c2)cc1. The van der Waals surface area contributed by atoms with Gasteiger partial charge in [0, 0.05) is 18.5 Å². The van der Waals surface area contributed by atoms with E-state index in [1.807, 2.05) is 13.8 Å².